The minimum Gasteiger partial charge on any atom is -0.370 e. The SMILES string of the molecule is [C-]#[N+]C1=NC2C(N=C1C#N)C1N=C(C#N)C(C#N)=NC1C1N=C([N+]#[C-])C([N+]#[C-])=NC21. The molecule has 0 aromatic heterocycles. The van der Waals surface area contributed by atoms with E-state index in [-0.39, 0.29) is 34.6 Å². The van der Waals surface area contributed by atoms with E-state index in [4.69, 9.17) is 19.7 Å². The van der Waals surface area contributed by atoms with Crippen molar-refractivity contribution in [3.63, 3.8) is 0 Å². The first-order valence-corrected chi connectivity index (χ1v) is 8.40. The third kappa shape index (κ3) is 2.47. The van der Waals surface area contributed by atoms with E-state index in [9.17, 15) is 15.8 Å². The molecule has 0 aromatic carbocycles. The van der Waals surface area contributed by atoms with Crippen LogP contribution in [0.3, 0.4) is 0 Å². The molecule has 1 saturated carbocycles. The molecule has 3 heterocycles. The summed E-state index contributed by atoms with van der Waals surface area (Å²) in [7, 11) is 0. The van der Waals surface area contributed by atoms with Crippen LogP contribution in [0.5, 0.6) is 0 Å². The molecule has 6 atom stereocenters. The normalized spacial score (nSPS) is 33.0. The van der Waals surface area contributed by atoms with E-state index < -0.39 is 36.3 Å². The maximum absolute atomic E-state index is 9.35. The second-order valence-corrected chi connectivity index (χ2v) is 6.41. The molecule has 138 valence electrons. The fourth-order valence-electron chi connectivity index (χ4n) is 3.84. The van der Waals surface area contributed by atoms with Gasteiger partial charge in [-0.15, -0.1) is 4.99 Å². The molecule has 0 N–H and O–H groups in total. The summed E-state index contributed by atoms with van der Waals surface area (Å²) in [6, 6.07) is 0.791. The third-order valence-electron chi connectivity index (χ3n) is 5.02. The highest BCUT2D eigenvalue weighted by molar-refractivity contribution is 6.54. The van der Waals surface area contributed by atoms with Gasteiger partial charge in [0, 0.05) is 0 Å². The highest BCUT2D eigenvalue weighted by Crippen LogP contribution is 2.38. The summed E-state index contributed by atoms with van der Waals surface area (Å²) in [5, 5.41) is 28.0. The number of aliphatic imine (C=N–C) groups is 6. The van der Waals surface area contributed by atoms with E-state index in [0.29, 0.717) is 0 Å². The van der Waals surface area contributed by atoms with E-state index in [1.54, 1.807) is 0 Å². The number of fused-ring (bicyclic) bond motifs is 6. The van der Waals surface area contributed by atoms with Gasteiger partial charge in [0.1, 0.15) is 36.3 Å². The Bertz CT molecular complexity index is 1020. The fraction of sp³-hybridized carbons (Fsp3) is 0.333. The van der Waals surface area contributed by atoms with Gasteiger partial charge in [-0.2, -0.15) is 25.8 Å². The van der Waals surface area contributed by atoms with Crippen molar-refractivity contribution in [3.8, 4) is 18.2 Å². The van der Waals surface area contributed by atoms with Gasteiger partial charge in [-0.05, 0) is 0 Å². The fourth-order valence-corrected chi connectivity index (χ4v) is 3.84. The van der Waals surface area contributed by atoms with Gasteiger partial charge in [-0.1, -0.05) is 19.7 Å². The molecule has 6 unspecified atom stereocenters. The highest BCUT2D eigenvalue weighted by Gasteiger charge is 2.61. The van der Waals surface area contributed by atoms with Gasteiger partial charge in [0.25, 0.3) is 11.7 Å². The van der Waals surface area contributed by atoms with Gasteiger partial charge in [0.15, 0.2) is 29.2 Å². The van der Waals surface area contributed by atoms with Crippen LogP contribution in [0.15, 0.2) is 30.0 Å². The monoisotopic (exact) mass is 390 g/mol. The predicted molar refractivity (Wildman–Crippen MR) is 104 cm³/mol. The molecule has 1 fully saturated rings. The first-order chi connectivity index (χ1) is 14.6. The van der Waals surface area contributed by atoms with Crippen LogP contribution in [0.1, 0.15) is 0 Å². The number of rotatable bonds is 0. The molecular weight excluding hydrogens is 384 g/mol. The van der Waals surface area contributed by atoms with Crippen molar-refractivity contribution in [2.75, 3.05) is 0 Å². The van der Waals surface area contributed by atoms with Gasteiger partial charge in [0.05, 0.1) is 0 Å². The number of amidine groups is 3. The predicted octanol–water partition coefficient (Wildman–Crippen LogP) is 0.0995. The number of nitrogens with zero attached hydrogens (tertiary/aromatic N) is 12. The van der Waals surface area contributed by atoms with Gasteiger partial charge in [-0.3, -0.25) is 15.0 Å². The van der Waals surface area contributed by atoms with Crippen molar-refractivity contribution >= 4 is 34.6 Å². The maximum atomic E-state index is 9.35. The van der Waals surface area contributed by atoms with Crippen LogP contribution >= 0.6 is 0 Å². The Morgan fingerprint density at radius 3 is 1.13 bits per heavy atom. The largest absolute Gasteiger partial charge is 0.370 e. The van der Waals surface area contributed by atoms with Gasteiger partial charge < -0.3 is 14.5 Å². The number of nitriles is 3. The first kappa shape index (κ1) is 18.3. The lowest BCUT2D eigenvalue weighted by Crippen LogP contribution is -2.64. The van der Waals surface area contributed by atoms with Crippen molar-refractivity contribution in [1.29, 1.82) is 15.8 Å². The molecule has 4 rings (SSSR count). The van der Waals surface area contributed by atoms with E-state index in [2.05, 4.69) is 44.5 Å². The molecule has 1 aliphatic carbocycles. The average Bonchev–Trinajstić information content (AvgIpc) is 2.81. The van der Waals surface area contributed by atoms with Crippen molar-refractivity contribution < 1.29 is 0 Å². The van der Waals surface area contributed by atoms with Crippen molar-refractivity contribution in [3.05, 3.63) is 34.3 Å². The van der Waals surface area contributed by atoms with E-state index in [1.807, 2.05) is 18.2 Å². The minimum absolute atomic E-state index is 0.164. The summed E-state index contributed by atoms with van der Waals surface area (Å²) < 4.78 is 0. The maximum Gasteiger partial charge on any atom is 0.301 e. The quantitative estimate of drug-likeness (QED) is 0.538. The van der Waals surface area contributed by atoms with Gasteiger partial charge in [-0.25, -0.2) is 0 Å². The lowest BCUT2D eigenvalue weighted by Gasteiger charge is -2.41. The van der Waals surface area contributed by atoms with E-state index in [1.165, 1.54) is 0 Å². The number of hydrogen-bond acceptors (Lipinski definition) is 9. The molecule has 0 amide bonds. The topological polar surface area (TPSA) is 159 Å². The molecular formula is C18H6N12. The average molecular weight is 390 g/mol. The Morgan fingerprint density at radius 1 is 0.500 bits per heavy atom. The summed E-state index contributed by atoms with van der Waals surface area (Å²) in [4.78, 5) is 35.8. The second kappa shape index (κ2) is 6.84. The van der Waals surface area contributed by atoms with Crippen LogP contribution in [0.4, 0.5) is 0 Å². The Labute approximate surface area is 169 Å². The van der Waals surface area contributed by atoms with Crippen LogP contribution in [-0.2, 0) is 0 Å². The van der Waals surface area contributed by atoms with Crippen molar-refractivity contribution in [2.24, 2.45) is 30.0 Å². The lowest BCUT2D eigenvalue weighted by atomic mass is 9.74. The number of hydrogen-bond donors (Lipinski definition) is 0. The van der Waals surface area contributed by atoms with Crippen LogP contribution in [0.2, 0.25) is 0 Å². The summed E-state index contributed by atoms with van der Waals surface area (Å²) in [6.45, 7) is 21.9. The van der Waals surface area contributed by atoms with Crippen LogP contribution in [-0.4, -0.2) is 70.9 Å². The lowest BCUT2D eigenvalue weighted by molar-refractivity contribution is 0.243. The van der Waals surface area contributed by atoms with E-state index in [0.717, 1.165) is 0 Å². The zero-order valence-corrected chi connectivity index (χ0v) is 14.8. The molecule has 0 bridgehead atoms. The Morgan fingerprint density at radius 2 is 0.800 bits per heavy atom. The van der Waals surface area contributed by atoms with Crippen molar-refractivity contribution in [1.82, 2.24) is 0 Å². The molecule has 0 aromatic rings. The summed E-state index contributed by atoms with van der Waals surface area (Å²) in [5.41, 5.74) is -0.496. The third-order valence-corrected chi connectivity index (χ3v) is 5.02. The Balaban J connectivity index is 1.94. The zero-order chi connectivity index (χ0) is 21.4. The minimum atomic E-state index is -0.789. The van der Waals surface area contributed by atoms with Crippen LogP contribution < -0.4 is 0 Å². The molecule has 0 spiro atoms. The zero-order valence-electron chi connectivity index (χ0n) is 14.8. The van der Waals surface area contributed by atoms with Gasteiger partial charge in [0.2, 0.25) is 6.04 Å². The Hall–Kier alpha value is -5.04. The summed E-state index contributed by atoms with van der Waals surface area (Å²) in [6.07, 6.45) is 0. The smallest absolute Gasteiger partial charge is 0.301 e. The molecule has 0 saturated heterocycles. The standard InChI is InChI=1S/C18H6N12/c1-22-16-9(6-21)27-12-10-11(26-8(5-20)7(4-19)25-10)14-15(13(12)28-16)30-18(24-3)17(23-2)29-14/h10-15H. The Kier molecular flexibility index (Phi) is 4.18. The molecule has 4 aliphatic rings. The second-order valence-electron chi connectivity index (χ2n) is 6.41. The molecule has 0 radical (unpaired) electrons. The van der Waals surface area contributed by atoms with Crippen LogP contribution in [0.25, 0.3) is 14.5 Å². The molecule has 30 heavy (non-hydrogen) atoms. The van der Waals surface area contributed by atoms with Crippen molar-refractivity contribution in [2.45, 2.75) is 36.3 Å². The van der Waals surface area contributed by atoms with E-state index >= 15 is 0 Å². The first-order valence-electron chi connectivity index (χ1n) is 8.40. The molecule has 12 nitrogen and oxygen atoms in total. The highest BCUT2D eigenvalue weighted by atomic mass is 15.2. The molecule has 12 heteroatoms. The molecule has 3 aliphatic heterocycles. The van der Waals surface area contributed by atoms with Crippen LogP contribution in [0, 0.1) is 53.7 Å². The summed E-state index contributed by atoms with van der Waals surface area (Å²) in [5.74, 6) is -0.546. The van der Waals surface area contributed by atoms with Gasteiger partial charge >= 0.3 is 5.84 Å². The summed E-state index contributed by atoms with van der Waals surface area (Å²) >= 11 is 0.